The zero-order chi connectivity index (χ0) is 13.9. The second-order valence-corrected chi connectivity index (χ2v) is 6.43. The first-order valence-electron chi connectivity index (χ1n) is 5.09. The van der Waals surface area contributed by atoms with Crippen molar-refractivity contribution in [2.24, 2.45) is 11.5 Å². The predicted molar refractivity (Wildman–Crippen MR) is 71.5 cm³/mol. The first-order chi connectivity index (χ1) is 8.26. The van der Waals surface area contributed by atoms with Crippen LogP contribution in [0.3, 0.4) is 0 Å². The van der Waals surface area contributed by atoms with Crippen LogP contribution in [-0.2, 0) is 10.0 Å². The number of halogens is 1. The minimum atomic E-state index is -3.72. The number of rotatable bonds is 5. The Morgan fingerprint density at radius 1 is 1.44 bits per heavy atom. The molecule has 0 saturated heterocycles. The number of hydrogen-bond donors (Lipinski definition) is 3. The van der Waals surface area contributed by atoms with E-state index in [4.69, 9.17) is 11.5 Å². The highest BCUT2D eigenvalue weighted by molar-refractivity contribution is 9.10. The van der Waals surface area contributed by atoms with Crippen molar-refractivity contribution in [2.45, 2.75) is 17.9 Å². The van der Waals surface area contributed by atoms with E-state index in [0.717, 1.165) is 0 Å². The molecule has 18 heavy (non-hydrogen) atoms. The minimum absolute atomic E-state index is 0.0361. The molecule has 1 amide bonds. The van der Waals surface area contributed by atoms with E-state index in [-0.39, 0.29) is 17.0 Å². The Labute approximate surface area is 114 Å². The van der Waals surface area contributed by atoms with E-state index < -0.39 is 22.0 Å². The molecule has 5 N–H and O–H groups in total. The van der Waals surface area contributed by atoms with Crippen molar-refractivity contribution in [3.63, 3.8) is 0 Å². The normalized spacial score (nSPS) is 13.3. The molecule has 0 aromatic heterocycles. The Hall–Kier alpha value is -0.960. The van der Waals surface area contributed by atoms with Crippen molar-refractivity contribution in [3.8, 4) is 0 Å². The molecule has 1 aromatic carbocycles. The highest BCUT2D eigenvalue weighted by Crippen LogP contribution is 2.19. The fourth-order valence-electron chi connectivity index (χ4n) is 1.24. The number of carbonyl (C=O) groups excluding carboxylic acids is 1. The van der Waals surface area contributed by atoms with Gasteiger partial charge in [-0.1, -0.05) is 15.9 Å². The van der Waals surface area contributed by atoms with Crippen molar-refractivity contribution < 1.29 is 13.2 Å². The molecule has 0 bridgehead atoms. The number of nitrogens with one attached hydrogen (secondary N) is 1. The molecular formula is C10H14BrN3O3S. The summed E-state index contributed by atoms with van der Waals surface area (Å²) in [6, 6.07) is 3.66. The maximum Gasteiger partial charge on any atom is 0.248 e. The quantitative estimate of drug-likeness (QED) is 0.711. The molecule has 0 unspecified atom stereocenters. The van der Waals surface area contributed by atoms with Gasteiger partial charge in [-0.15, -0.1) is 0 Å². The SMILES string of the molecule is C[C@H](CN)NS(=O)(=O)c1cc(Br)cc(C(N)=O)c1. The van der Waals surface area contributed by atoms with Crippen molar-refractivity contribution in [3.05, 3.63) is 28.2 Å². The fraction of sp³-hybridized carbons (Fsp3) is 0.300. The molecule has 0 fully saturated rings. The number of amides is 1. The molecule has 1 aromatic rings. The monoisotopic (exact) mass is 335 g/mol. The number of sulfonamides is 1. The lowest BCUT2D eigenvalue weighted by Gasteiger charge is -2.12. The van der Waals surface area contributed by atoms with Gasteiger partial charge in [0.2, 0.25) is 15.9 Å². The Balaban J connectivity index is 3.20. The Bertz CT molecular complexity index is 559. The van der Waals surface area contributed by atoms with E-state index in [1.54, 1.807) is 6.92 Å². The van der Waals surface area contributed by atoms with Gasteiger partial charge in [0, 0.05) is 22.6 Å². The average molecular weight is 336 g/mol. The summed E-state index contributed by atoms with van der Waals surface area (Å²) in [4.78, 5) is 11.0. The number of carbonyl (C=O) groups is 1. The summed E-state index contributed by atoms with van der Waals surface area (Å²) in [7, 11) is -3.72. The van der Waals surface area contributed by atoms with Crippen LogP contribution in [0.4, 0.5) is 0 Å². The summed E-state index contributed by atoms with van der Waals surface area (Å²) in [6.45, 7) is 1.82. The highest BCUT2D eigenvalue weighted by Gasteiger charge is 2.18. The van der Waals surface area contributed by atoms with E-state index in [2.05, 4.69) is 20.7 Å². The summed E-state index contributed by atoms with van der Waals surface area (Å²) in [5, 5.41) is 0. The smallest absolute Gasteiger partial charge is 0.248 e. The molecule has 0 radical (unpaired) electrons. The number of nitrogens with two attached hydrogens (primary N) is 2. The fourth-order valence-corrected chi connectivity index (χ4v) is 3.21. The molecule has 8 heteroatoms. The predicted octanol–water partition coefficient (Wildman–Crippen LogP) is 0.174. The van der Waals surface area contributed by atoms with Crippen molar-refractivity contribution in [1.82, 2.24) is 4.72 Å². The first-order valence-corrected chi connectivity index (χ1v) is 7.36. The van der Waals surface area contributed by atoms with Crippen LogP contribution in [0.25, 0.3) is 0 Å². The molecule has 0 aliphatic carbocycles. The maximum absolute atomic E-state index is 12.0. The van der Waals surface area contributed by atoms with Crippen LogP contribution in [0, 0.1) is 0 Å². The van der Waals surface area contributed by atoms with Crippen LogP contribution in [0.2, 0.25) is 0 Å². The molecule has 1 atom stereocenters. The van der Waals surface area contributed by atoms with Gasteiger partial charge in [0.15, 0.2) is 0 Å². The molecule has 1 rings (SSSR count). The van der Waals surface area contributed by atoms with Crippen molar-refractivity contribution in [2.75, 3.05) is 6.54 Å². The van der Waals surface area contributed by atoms with Crippen LogP contribution in [0.1, 0.15) is 17.3 Å². The van der Waals surface area contributed by atoms with Gasteiger partial charge in [-0.3, -0.25) is 4.79 Å². The van der Waals surface area contributed by atoms with E-state index >= 15 is 0 Å². The first kappa shape index (κ1) is 15.1. The molecular weight excluding hydrogens is 322 g/mol. The zero-order valence-corrected chi connectivity index (χ0v) is 12.1. The molecule has 0 spiro atoms. The lowest BCUT2D eigenvalue weighted by molar-refractivity contribution is 0.1000. The van der Waals surface area contributed by atoms with Crippen LogP contribution in [0.5, 0.6) is 0 Å². The van der Waals surface area contributed by atoms with Gasteiger partial charge in [-0.2, -0.15) is 0 Å². The number of benzene rings is 1. The summed E-state index contributed by atoms with van der Waals surface area (Å²) in [5.41, 5.74) is 10.6. The third-order valence-electron chi connectivity index (χ3n) is 2.18. The van der Waals surface area contributed by atoms with Gasteiger partial charge >= 0.3 is 0 Å². The van der Waals surface area contributed by atoms with E-state index in [1.807, 2.05) is 0 Å². The third kappa shape index (κ3) is 3.77. The summed E-state index contributed by atoms with van der Waals surface area (Å²) in [5.74, 6) is -0.695. The van der Waals surface area contributed by atoms with Gasteiger partial charge in [0.25, 0.3) is 0 Å². The zero-order valence-electron chi connectivity index (χ0n) is 9.68. The van der Waals surface area contributed by atoms with Crippen molar-refractivity contribution in [1.29, 1.82) is 0 Å². The average Bonchev–Trinajstić information content (AvgIpc) is 2.27. The van der Waals surface area contributed by atoms with E-state index in [0.29, 0.717) is 4.47 Å². The summed E-state index contributed by atoms with van der Waals surface area (Å²) < 4.78 is 26.8. The number of primary amides is 1. The van der Waals surface area contributed by atoms with Gasteiger partial charge in [-0.05, 0) is 25.1 Å². The summed E-state index contributed by atoms with van der Waals surface area (Å²) in [6.07, 6.45) is 0. The van der Waals surface area contributed by atoms with Crippen LogP contribution in [0.15, 0.2) is 27.6 Å². The van der Waals surface area contributed by atoms with Gasteiger partial charge in [-0.25, -0.2) is 13.1 Å². The topological polar surface area (TPSA) is 115 Å². The molecule has 0 saturated carbocycles. The van der Waals surface area contributed by atoms with Crippen LogP contribution in [-0.4, -0.2) is 26.9 Å². The molecule has 6 nitrogen and oxygen atoms in total. The molecule has 0 aliphatic heterocycles. The lowest BCUT2D eigenvalue weighted by atomic mass is 10.2. The Kier molecular flexibility index (Phi) is 4.85. The lowest BCUT2D eigenvalue weighted by Crippen LogP contribution is -2.37. The summed E-state index contributed by atoms with van der Waals surface area (Å²) >= 11 is 3.13. The van der Waals surface area contributed by atoms with Gasteiger partial charge in [0.1, 0.15) is 0 Å². The number of hydrogen-bond acceptors (Lipinski definition) is 4. The standard InChI is InChI=1S/C10H14BrN3O3S/c1-6(5-12)14-18(16,17)9-3-7(10(13)15)2-8(11)4-9/h2-4,6,14H,5,12H2,1H3,(H2,13,15)/t6-/m1/s1. The largest absolute Gasteiger partial charge is 0.366 e. The maximum atomic E-state index is 12.0. The van der Waals surface area contributed by atoms with E-state index in [9.17, 15) is 13.2 Å². The minimum Gasteiger partial charge on any atom is -0.366 e. The third-order valence-corrected chi connectivity index (χ3v) is 4.20. The van der Waals surface area contributed by atoms with E-state index in [1.165, 1.54) is 18.2 Å². The highest BCUT2D eigenvalue weighted by atomic mass is 79.9. The molecule has 100 valence electrons. The second kappa shape index (κ2) is 5.79. The van der Waals surface area contributed by atoms with Crippen LogP contribution >= 0.6 is 15.9 Å². The van der Waals surface area contributed by atoms with Gasteiger partial charge < -0.3 is 11.5 Å². The van der Waals surface area contributed by atoms with Gasteiger partial charge in [0.05, 0.1) is 4.90 Å². The molecule has 0 aliphatic rings. The second-order valence-electron chi connectivity index (χ2n) is 3.80. The Morgan fingerprint density at radius 3 is 2.56 bits per heavy atom. The van der Waals surface area contributed by atoms with Crippen molar-refractivity contribution >= 4 is 31.9 Å². The Morgan fingerprint density at radius 2 is 2.06 bits per heavy atom. The molecule has 0 heterocycles. The van der Waals surface area contributed by atoms with Crippen LogP contribution < -0.4 is 16.2 Å².